The van der Waals surface area contributed by atoms with Gasteiger partial charge in [0.1, 0.15) is 5.82 Å². The molecule has 0 aromatic carbocycles. The van der Waals surface area contributed by atoms with Crippen molar-refractivity contribution in [2.24, 2.45) is 0 Å². The van der Waals surface area contributed by atoms with Crippen LogP contribution in [0.3, 0.4) is 0 Å². The van der Waals surface area contributed by atoms with E-state index in [1.807, 2.05) is 0 Å². The minimum absolute atomic E-state index is 0.0648. The van der Waals surface area contributed by atoms with Crippen LogP contribution in [0.1, 0.15) is 25.3 Å². The second-order valence-electron chi connectivity index (χ2n) is 4.18. The first-order valence-corrected chi connectivity index (χ1v) is 5.91. The molecule has 0 spiro atoms. The number of aromatic amines is 1. The molecule has 0 bridgehead atoms. The summed E-state index contributed by atoms with van der Waals surface area (Å²) < 4.78 is 4.77. The van der Waals surface area contributed by atoms with Gasteiger partial charge in [0.25, 0.3) is 5.56 Å². The fraction of sp³-hybridized carbons (Fsp3) is 0.545. The standard InChI is InChI=1S/C11H16N4O3/c1-2-18-8(16)5-7-9(12)14-11(15-10(7)17)13-6-3-4-6/h6H,2-5H2,1H3,(H4,12,13,14,15,17). The maximum Gasteiger partial charge on any atom is 0.310 e. The van der Waals surface area contributed by atoms with Crippen molar-refractivity contribution in [3.8, 4) is 0 Å². The van der Waals surface area contributed by atoms with E-state index in [-0.39, 0.29) is 24.4 Å². The molecule has 1 aliphatic carbocycles. The molecule has 1 aliphatic rings. The molecule has 18 heavy (non-hydrogen) atoms. The minimum atomic E-state index is -0.487. The molecule has 0 atom stereocenters. The van der Waals surface area contributed by atoms with Gasteiger partial charge in [-0.05, 0) is 19.8 Å². The van der Waals surface area contributed by atoms with Crippen LogP contribution in [0.5, 0.6) is 0 Å². The van der Waals surface area contributed by atoms with E-state index in [4.69, 9.17) is 10.5 Å². The molecule has 1 aromatic rings. The highest BCUT2D eigenvalue weighted by Crippen LogP contribution is 2.22. The zero-order chi connectivity index (χ0) is 13.1. The third-order valence-corrected chi connectivity index (χ3v) is 2.59. The average Bonchev–Trinajstić information content (AvgIpc) is 3.08. The maximum absolute atomic E-state index is 11.8. The van der Waals surface area contributed by atoms with Crippen molar-refractivity contribution in [3.05, 3.63) is 15.9 Å². The minimum Gasteiger partial charge on any atom is -0.466 e. The van der Waals surface area contributed by atoms with Gasteiger partial charge in [-0.3, -0.25) is 14.6 Å². The number of nitrogens with zero attached hydrogens (tertiary/aromatic N) is 1. The SMILES string of the molecule is CCOC(=O)Cc1c(N)nc(NC2CC2)[nH]c1=O. The monoisotopic (exact) mass is 252 g/mol. The van der Waals surface area contributed by atoms with Crippen LogP contribution in [-0.4, -0.2) is 28.6 Å². The number of hydrogen-bond donors (Lipinski definition) is 3. The highest BCUT2D eigenvalue weighted by atomic mass is 16.5. The van der Waals surface area contributed by atoms with Gasteiger partial charge in [-0.25, -0.2) is 0 Å². The van der Waals surface area contributed by atoms with Crippen LogP contribution in [0.15, 0.2) is 4.79 Å². The lowest BCUT2D eigenvalue weighted by Crippen LogP contribution is -2.23. The second kappa shape index (κ2) is 5.07. The van der Waals surface area contributed by atoms with E-state index in [1.165, 1.54) is 0 Å². The molecule has 2 rings (SSSR count). The van der Waals surface area contributed by atoms with Crippen LogP contribution in [0.2, 0.25) is 0 Å². The predicted molar refractivity (Wildman–Crippen MR) is 66.3 cm³/mol. The molecule has 1 aromatic heterocycles. The number of nitrogens with one attached hydrogen (secondary N) is 2. The molecule has 1 saturated carbocycles. The summed E-state index contributed by atoms with van der Waals surface area (Å²) in [6.45, 7) is 1.97. The summed E-state index contributed by atoms with van der Waals surface area (Å²) in [5, 5.41) is 3.04. The molecule has 7 nitrogen and oxygen atoms in total. The number of rotatable bonds is 5. The van der Waals surface area contributed by atoms with Crippen molar-refractivity contribution in [3.63, 3.8) is 0 Å². The zero-order valence-corrected chi connectivity index (χ0v) is 10.2. The number of carbonyl (C=O) groups is 1. The van der Waals surface area contributed by atoms with E-state index < -0.39 is 11.5 Å². The third-order valence-electron chi connectivity index (χ3n) is 2.59. The van der Waals surface area contributed by atoms with Crippen LogP contribution in [0, 0.1) is 0 Å². The van der Waals surface area contributed by atoms with Crippen LogP contribution in [-0.2, 0) is 16.0 Å². The fourth-order valence-electron chi connectivity index (χ4n) is 1.53. The van der Waals surface area contributed by atoms with Crippen LogP contribution < -0.4 is 16.6 Å². The predicted octanol–water partition coefficient (Wildman–Crippen LogP) is 0.0320. The van der Waals surface area contributed by atoms with E-state index in [0.717, 1.165) is 12.8 Å². The van der Waals surface area contributed by atoms with Gasteiger partial charge in [-0.15, -0.1) is 0 Å². The Morgan fingerprint density at radius 2 is 2.33 bits per heavy atom. The largest absolute Gasteiger partial charge is 0.466 e. The number of nitrogen functional groups attached to an aromatic ring is 1. The van der Waals surface area contributed by atoms with Crippen molar-refractivity contribution in [1.29, 1.82) is 0 Å². The maximum atomic E-state index is 11.8. The summed E-state index contributed by atoms with van der Waals surface area (Å²) in [4.78, 5) is 29.7. The summed E-state index contributed by atoms with van der Waals surface area (Å²) in [6, 6.07) is 0.364. The lowest BCUT2D eigenvalue weighted by atomic mass is 10.2. The highest BCUT2D eigenvalue weighted by molar-refractivity contribution is 5.74. The van der Waals surface area contributed by atoms with Crippen LogP contribution in [0.25, 0.3) is 0 Å². The molecule has 1 fully saturated rings. The Kier molecular flexibility index (Phi) is 3.50. The molecule has 0 amide bonds. The number of anilines is 2. The zero-order valence-electron chi connectivity index (χ0n) is 10.2. The van der Waals surface area contributed by atoms with Crippen molar-refractivity contribution < 1.29 is 9.53 Å². The first-order valence-electron chi connectivity index (χ1n) is 5.91. The van der Waals surface area contributed by atoms with Gasteiger partial charge >= 0.3 is 5.97 Å². The van der Waals surface area contributed by atoms with Gasteiger partial charge in [-0.1, -0.05) is 0 Å². The number of ether oxygens (including phenoxy) is 1. The van der Waals surface area contributed by atoms with Crippen molar-refractivity contribution in [1.82, 2.24) is 9.97 Å². The summed E-state index contributed by atoms with van der Waals surface area (Å²) in [5.74, 6) is -0.0676. The number of hydrogen-bond acceptors (Lipinski definition) is 6. The highest BCUT2D eigenvalue weighted by Gasteiger charge is 2.22. The van der Waals surface area contributed by atoms with Crippen LogP contribution >= 0.6 is 0 Å². The van der Waals surface area contributed by atoms with Crippen molar-refractivity contribution in [2.45, 2.75) is 32.2 Å². The smallest absolute Gasteiger partial charge is 0.310 e. The molecule has 0 saturated heterocycles. The molecular formula is C11H16N4O3. The Morgan fingerprint density at radius 1 is 1.61 bits per heavy atom. The average molecular weight is 252 g/mol. The number of esters is 1. The molecule has 0 aliphatic heterocycles. The molecule has 0 unspecified atom stereocenters. The first-order chi connectivity index (χ1) is 8.60. The Balaban J connectivity index is 2.15. The number of carbonyl (C=O) groups excluding carboxylic acids is 1. The molecule has 0 radical (unpaired) electrons. The Bertz CT molecular complexity index is 508. The van der Waals surface area contributed by atoms with Crippen LogP contribution in [0.4, 0.5) is 11.8 Å². The molecular weight excluding hydrogens is 236 g/mol. The fourth-order valence-corrected chi connectivity index (χ4v) is 1.53. The number of aromatic nitrogens is 2. The molecule has 98 valence electrons. The summed E-state index contributed by atoms with van der Waals surface area (Å²) in [6.07, 6.45) is 1.97. The third kappa shape index (κ3) is 2.99. The second-order valence-corrected chi connectivity index (χ2v) is 4.18. The topological polar surface area (TPSA) is 110 Å². The van der Waals surface area contributed by atoms with Gasteiger partial charge in [0.05, 0.1) is 18.6 Å². The van der Waals surface area contributed by atoms with Gasteiger partial charge in [0.2, 0.25) is 5.95 Å². The summed E-state index contributed by atoms with van der Waals surface area (Å²) in [5.41, 5.74) is 5.43. The van der Waals surface area contributed by atoms with Gasteiger partial charge in [-0.2, -0.15) is 4.98 Å². The molecule has 4 N–H and O–H groups in total. The first kappa shape index (κ1) is 12.4. The Morgan fingerprint density at radius 3 is 2.89 bits per heavy atom. The molecule has 7 heteroatoms. The molecule has 1 heterocycles. The quantitative estimate of drug-likeness (QED) is 0.638. The van der Waals surface area contributed by atoms with E-state index in [9.17, 15) is 9.59 Å². The lowest BCUT2D eigenvalue weighted by Gasteiger charge is -2.07. The summed E-state index contributed by atoms with van der Waals surface area (Å²) >= 11 is 0. The van der Waals surface area contributed by atoms with E-state index in [2.05, 4.69) is 15.3 Å². The van der Waals surface area contributed by atoms with Gasteiger partial charge in [0, 0.05) is 6.04 Å². The Hall–Kier alpha value is -2.05. The van der Waals surface area contributed by atoms with Crippen molar-refractivity contribution in [2.75, 3.05) is 17.7 Å². The number of H-pyrrole nitrogens is 1. The number of nitrogens with two attached hydrogens (primary N) is 1. The van der Waals surface area contributed by atoms with E-state index in [0.29, 0.717) is 12.0 Å². The van der Waals surface area contributed by atoms with Gasteiger partial charge in [0.15, 0.2) is 0 Å². The van der Waals surface area contributed by atoms with E-state index in [1.54, 1.807) is 6.92 Å². The van der Waals surface area contributed by atoms with Crippen molar-refractivity contribution >= 4 is 17.7 Å². The Labute approximate surface area is 104 Å². The van der Waals surface area contributed by atoms with E-state index >= 15 is 0 Å². The lowest BCUT2D eigenvalue weighted by molar-refractivity contribution is -0.142. The van der Waals surface area contributed by atoms with Gasteiger partial charge < -0.3 is 15.8 Å². The summed E-state index contributed by atoms with van der Waals surface area (Å²) in [7, 11) is 0. The normalized spacial score (nSPS) is 14.3.